The van der Waals surface area contributed by atoms with Crippen LogP contribution in [-0.2, 0) is 4.74 Å². The van der Waals surface area contributed by atoms with Crippen molar-refractivity contribution in [3.8, 4) is 11.3 Å². The molecule has 1 N–H and O–H groups in total. The molecule has 2 heterocycles. The number of fused-ring (bicyclic) bond motifs is 1. The number of thiazole rings is 1. The van der Waals surface area contributed by atoms with Crippen molar-refractivity contribution in [3.63, 3.8) is 0 Å². The predicted molar refractivity (Wildman–Crippen MR) is 119 cm³/mol. The van der Waals surface area contributed by atoms with Gasteiger partial charge in [0.15, 0.2) is 0 Å². The number of hydrogen-bond acceptors (Lipinski definition) is 7. The molecule has 2 aromatic heterocycles. The maximum Gasteiger partial charge on any atom is 0.350 e. The Hall–Kier alpha value is -3.45. The summed E-state index contributed by atoms with van der Waals surface area (Å²) >= 11 is 1.21. The maximum atomic E-state index is 11.8. The molecule has 6 nitrogen and oxygen atoms in total. The van der Waals surface area contributed by atoms with E-state index < -0.39 is 5.97 Å². The van der Waals surface area contributed by atoms with Crippen molar-refractivity contribution >= 4 is 33.4 Å². The number of benzene rings is 2. The fraction of sp³-hybridized carbons (Fsp3) is 0.174. The number of nitrogens with one attached hydrogen (secondary N) is 1. The van der Waals surface area contributed by atoms with E-state index in [4.69, 9.17) is 9.15 Å². The van der Waals surface area contributed by atoms with Crippen LogP contribution < -0.4 is 10.8 Å². The van der Waals surface area contributed by atoms with E-state index in [0.29, 0.717) is 15.7 Å². The molecule has 0 aliphatic rings. The molecule has 0 saturated carbocycles. The van der Waals surface area contributed by atoms with E-state index in [1.807, 2.05) is 62.4 Å². The van der Waals surface area contributed by atoms with Gasteiger partial charge in [-0.2, -0.15) is 5.10 Å². The van der Waals surface area contributed by atoms with Gasteiger partial charge in [-0.15, -0.1) is 0 Å². The van der Waals surface area contributed by atoms with E-state index in [9.17, 15) is 4.79 Å². The average Bonchev–Trinajstić information content (AvgIpc) is 3.12. The van der Waals surface area contributed by atoms with Crippen LogP contribution in [0.3, 0.4) is 0 Å². The summed E-state index contributed by atoms with van der Waals surface area (Å²) in [4.78, 5) is 16.7. The third kappa shape index (κ3) is 3.97. The number of hydrogen-bond donors (Lipinski definition) is 1. The molecule has 2 aromatic carbocycles. The van der Waals surface area contributed by atoms with Crippen molar-refractivity contribution in [3.05, 3.63) is 75.6 Å². The Morgan fingerprint density at radius 3 is 2.53 bits per heavy atom. The minimum atomic E-state index is -0.404. The number of aryl methyl sites for hydroxylation is 3. The van der Waals surface area contributed by atoms with Gasteiger partial charge in [-0.3, -0.25) is 5.43 Å². The minimum Gasteiger partial charge on any atom is -0.465 e. The SMILES string of the molecule is COC(=O)c1sc(N/N=c2\cc(-c3ccc(C)cc3)oc3cc(C)ccc23)nc1C. The first kappa shape index (κ1) is 19.8. The summed E-state index contributed by atoms with van der Waals surface area (Å²) in [7, 11) is 1.35. The number of rotatable bonds is 4. The number of anilines is 1. The molecule has 0 amide bonds. The lowest BCUT2D eigenvalue weighted by molar-refractivity contribution is 0.0605. The Balaban J connectivity index is 1.81. The highest BCUT2D eigenvalue weighted by Gasteiger charge is 2.15. The molecule has 0 aliphatic heterocycles. The lowest BCUT2D eigenvalue weighted by Gasteiger charge is -2.06. The van der Waals surface area contributed by atoms with Crippen molar-refractivity contribution < 1.29 is 13.9 Å². The van der Waals surface area contributed by atoms with Gasteiger partial charge in [-0.25, -0.2) is 9.78 Å². The molecule has 0 unspecified atom stereocenters. The molecule has 4 rings (SSSR count). The number of aromatic nitrogens is 1. The molecular weight excluding hydrogens is 398 g/mol. The van der Waals surface area contributed by atoms with E-state index in [1.54, 1.807) is 6.92 Å². The molecule has 0 atom stereocenters. The number of carbonyl (C=O) groups excluding carboxylic acids is 1. The Kier molecular flexibility index (Phi) is 5.37. The van der Waals surface area contributed by atoms with Gasteiger partial charge < -0.3 is 9.15 Å². The van der Waals surface area contributed by atoms with E-state index in [0.717, 1.165) is 33.2 Å². The summed E-state index contributed by atoms with van der Waals surface area (Å²) in [6.07, 6.45) is 0. The third-order valence-electron chi connectivity index (χ3n) is 4.68. The summed E-state index contributed by atoms with van der Waals surface area (Å²) in [6.45, 7) is 5.84. The van der Waals surface area contributed by atoms with E-state index in [1.165, 1.54) is 24.0 Å². The zero-order chi connectivity index (χ0) is 21.3. The summed E-state index contributed by atoms with van der Waals surface area (Å²) < 4.78 is 11.0. The highest BCUT2D eigenvalue weighted by atomic mass is 32.1. The van der Waals surface area contributed by atoms with Crippen molar-refractivity contribution in [1.29, 1.82) is 0 Å². The van der Waals surface area contributed by atoms with Crippen LogP contribution in [0.25, 0.3) is 22.3 Å². The third-order valence-corrected chi connectivity index (χ3v) is 5.72. The molecule has 0 radical (unpaired) electrons. The van der Waals surface area contributed by atoms with E-state index >= 15 is 0 Å². The highest BCUT2D eigenvalue weighted by molar-refractivity contribution is 7.17. The van der Waals surface area contributed by atoms with Gasteiger partial charge >= 0.3 is 5.97 Å². The number of methoxy groups -OCH3 is 1. The minimum absolute atomic E-state index is 0.404. The monoisotopic (exact) mass is 419 g/mol. The van der Waals surface area contributed by atoms with Crippen LogP contribution in [0.4, 0.5) is 5.13 Å². The molecule has 7 heteroatoms. The zero-order valence-corrected chi connectivity index (χ0v) is 18.0. The average molecular weight is 420 g/mol. The van der Waals surface area contributed by atoms with Crippen LogP contribution in [0.2, 0.25) is 0 Å². The first-order valence-corrected chi connectivity index (χ1v) is 10.2. The lowest BCUT2D eigenvalue weighted by atomic mass is 10.1. The van der Waals surface area contributed by atoms with E-state index in [-0.39, 0.29) is 0 Å². The van der Waals surface area contributed by atoms with Gasteiger partial charge in [0.05, 0.1) is 18.2 Å². The van der Waals surface area contributed by atoms with Gasteiger partial charge in [0, 0.05) is 17.0 Å². The van der Waals surface area contributed by atoms with Gasteiger partial charge in [-0.05, 0) is 38.5 Å². The molecule has 0 bridgehead atoms. The van der Waals surface area contributed by atoms with Gasteiger partial charge in [-0.1, -0.05) is 47.2 Å². The van der Waals surface area contributed by atoms with Gasteiger partial charge in [0.2, 0.25) is 5.13 Å². The second kappa shape index (κ2) is 8.12. The second-order valence-corrected chi connectivity index (χ2v) is 8.01. The Labute approximate surface area is 177 Å². The quantitative estimate of drug-likeness (QED) is 0.364. The summed E-state index contributed by atoms with van der Waals surface area (Å²) in [5.41, 5.74) is 7.59. The largest absolute Gasteiger partial charge is 0.465 e. The van der Waals surface area contributed by atoms with Crippen molar-refractivity contribution in [2.45, 2.75) is 20.8 Å². The van der Waals surface area contributed by atoms with E-state index in [2.05, 4.69) is 15.5 Å². The normalized spacial score (nSPS) is 11.7. The van der Waals surface area contributed by atoms with Crippen molar-refractivity contribution in [1.82, 2.24) is 4.98 Å². The van der Waals surface area contributed by atoms with Crippen LogP contribution in [0.1, 0.15) is 26.5 Å². The Morgan fingerprint density at radius 2 is 1.80 bits per heavy atom. The van der Waals surface area contributed by atoms with Crippen LogP contribution in [0.15, 0.2) is 58.0 Å². The topological polar surface area (TPSA) is 76.7 Å². The predicted octanol–water partition coefficient (Wildman–Crippen LogP) is 5.20. The second-order valence-electron chi connectivity index (χ2n) is 7.01. The number of esters is 1. The fourth-order valence-electron chi connectivity index (χ4n) is 3.06. The maximum absolute atomic E-state index is 11.8. The number of carbonyl (C=O) groups is 1. The Morgan fingerprint density at radius 1 is 1.07 bits per heavy atom. The lowest BCUT2D eigenvalue weighted by Crippen LogP contribution is -2.07. The van der Waals surface area contributed by atoms with Gasteiger partial charge in [0.25, 0.3) is 0 Å². The summed E-state index contributed by atoms with van der Waals surface area (Å²) in [6, 6.07) is 16.1. The molecule has 0 spiro atoms. The van der Waals surface area contributed by atoms with Crippen LogP contribution in [0.5, 0.6) is 0 Å². The molecule has 30 heavy (non-hydrogen) atoms. The summed E-state index contributed by atoms with van der Waals surface area (Å²) in [5.74, 6) is 0.318. The van der Waals surface area contributed by atoms with Crippen molar-refractivity contribution in [2.24, 2.45) is 5.10 Å². The molecule has 152 valence electrons. The highest BCUT2D eigenvalue weighted by Crippen LogP contribution is 2.25. The number of ether oxygens (including phenoxy) is 1. The van der Waals surface area contributed by atoms with Crippen LogP contribution >= 0.6 is 11.3 Å². The molecule has 0 fully saturated rings. The number of nitrogens with zero attached hydrogens (tertiary/aromatic N) is 2. The van der Waals surface area contributed by atoms with Gasteiger partial charge in [0.1, 0.15) is 16.2 Å². The molecule has 0 saturated heterocycles. The summed E-state index contributed by atoms with van der Waals surface area (Å²) in [5, 5.41) is 6.68. The molecular formula is C23H21N3O3S. The Bertz CT molecular complexity index is 1300. The first-order valence-electron chi connectivity index (χ1n) is 9.41. The smallest absolute Gasteiger partial charge is 0.350 e. The first-order chi connectivity index (χ1) is 14.4. The molecule has 4 aromatic rings. The van der Waals surface area contributed by atoms with Crippen LogP contribution in [-0.4, -0.2) is 18.1 Å². The van der Waals surface area contributed by atoms with Crippen molar-refractivity contribution in [2.75, 3.05) is 12.5 Å². The fourth-order valence-corrected chi connectivity index (χ4v) is 3.89. The zero-order valence-electron chi connectivity index (χ0n) is 17.1. The van der Waals surface area contributed by atoms with Crippen LogP contribution in [0, 0.1) is 20.8 Å². The standard InChI is InChI=1S/C23H21N3O3S/c1-13-5-8-16(9-6-13)19-12-18(17-10-7-14(2)11-20(17)29-19)25-26-23-24-15(3)21(30-23)22(27)28-4/h5-12H,1-4H3,(H,24,26)/b25-18+. The molecule has 0 aliphatic carbocycles.